The number of benzene rings is 1. The maximum Gasteiger partial charge on any atom is 0.234 e. The van der Waals surface area contributed by atoms with Gasteiger partial charge in [-0.15, -0.1) is 0 Å². The summed E-state index contributed by atoms with van der Waals surface area (Å²) in [6.45, 7) is 6.20. The predicted octanol–water partition coefficient (Wildman–Crippen LogP) is 2.44. The molecule has 0 bridgehead atoms. The van der Waals surface area contributed by atoms with Crippen LogP contribution >= 0.6 is 0 Å². The highest BCUT2D eigenvalue weighted by atomic mass is 16.2. The minimum Gasteiger partial charge on any atom is -0.355 e. The number of rotatable bonds is 7. The lowest BCUT2D eigenvalue weighted by molar-refractivity contribution is -0.122. The molecule has 1 N–H and O–H groups in total. The molecular formula is C20H28N4O. The lowest BCUT2D eigenvalue weighted by Crippen LogP contribution is -2.41. The van der Waals surface area contributed by atoms with Gasteiger partial charge < -0.3 is 5.32 Å². The summed E-state index contributed by atoms with van der Waals surface area (Å²) in [6, 6.07) is 10.3. The minimum atomic E-state index is 0.133. The number of aromatic nitrogens is 2. The Morgan fingerprint density at radius 3 is 2.68 bits per heavy atom. The molecule has 5 heteroatoms. The molecule has 25 heavy (non-hydrogen) atoms. The fraction of sp³-hybridized carbons (Fsp3) is 0.500. The largest absolute Gasteiger partial charge is 0.355 e. The lowest BCUT2D eigenvalue weighted by Gasteiger charge is -2.31. The second-order valence-electron chi connectivity index (χ2n) is 6.77. The SMILES string of the molecule is CCn1cc(C2CCN(CC(=O)NCCc3ccccc3)CC2)cn1. The zero-order valence-electron chi connectivity index (χ0n) is 15.0. The van der Waals surface area contributed by atoms with Crippen LogP contribution in [0.5, 0.6) is 0 Å². The molecule has 1 aliphatic rings. The van der Waals surface area contributed by atoms with Crippen molar-refractivity contribution in [1.29, 1.82) is 0 Å². The van der Waals surface area contributed by atoms with Crippen LogP contribution in [0.2, 0.25) is 0 Å². The van der Waals surface area contributed by atoms with Gasteiger partial charge in [0.05, 0.1) is 12.7 Å². The van der Waals surface area contributed by atoms with Crippen molar-refractivity contribution in [3.05, 3.63) is 53.9 Å². The molecule has 0 saturated carbocycles. The lowest BCUT2D eigenvalue weighted by atomic mass is 9.91. The second-order valence-corrected chi connectivity index (χ2v) is 6.77. The van der Waals surface area contributed by atoms with Crippen LogP contribution in [0.4, 0.5) is 0 Å². The zero-order chi connectivity index (χ0) is 17.5. The average Bonchev–Trinajstić information content (AvgIpc) is 3.12. The topological polar surface area (TPSA) is 50.2 Å². The zero-order valence-corrected chi connectivity index (χ0v) is 15.0. The van der Waals surface area contributed by atoms with Gasteiger partial charge in [0.2, 0.25) is 5.91 Å². The molecule has 0 radical (unpaired) electrons. The van der Waals surface area contributed by atoms with Crippen molar-refractivity contribution < 1.29 is 4.79 Å². The summed E-state index contributed by atoms with van der Waals surface area (Å²) in [5.74, 6) is 0.714. The number of amides is 1. The van der Waals surface area contributed by atoms with E-state index in [9.17, 15) is 4.79 Å². The monoisotopic (exact) mass is 340 g/mol. The van der Waals surface area contributed by atoms with Gasteiger partial charge >= 0.3 is 0 Å². The van der Waals surface area contributed by atoms with Crippen molar-refractivity contribution in [3.63, 3.8) is 0 Å². The summed E-state index contributed by atoms with van der Waals surface area (Å²) in [5, 5.41) is 7.41. The Labute approximate surface area is 150 Å². The summed E-state index contributed by atoms with van der Waals surface area (Å²) < 4.78 is 1.99. The van der Waals surface area contributed by atoms with E-state index in [0.29, 0.717) is 19.0 Å². The Balaban J connectivity index is 1.36. The van der Waals surface area contributed by atoms with Gasteiger partial charge in [0.1, 0.15) is 0 Å². The highest BCUT2D eigenvalue weighted by Gasteiger charge is 2.22. The number of hydrogen-bond acceptors (Lipinski definition) is 3. The summed E-state index contributed by atoms with van der Waals surface area (Å²) in [5.41, 5.74) is 2.60. The van der Waals surface area contributed by atoms with Crippen LogP contribution in [0.25, 0.3) is 0 Å². The van der Waals surface area contributed by atoms with Gasteiger partial charge in [0.15, 0.2) is 0 Å². The molecule has 1 fully saturated rings. The summed E-state index contributed by atoms with van der Waals surface area (Å²) >= 11 is 0. The van der Waals surface area contributed by atoms with Gasteiger partial charge in [-0.25, -0.2) is 0 Å². The molecule has 1 saturated heterocycles. The van der Waals surface area contributed by atoms with Crippen LogP contribution < -0.4 is 5.32 Å². The van der Waals surface area contributed by atoms with E-state index in [2.05, 4.69) is 40.6 Å². The Morgan fingerprint density at radius 2 is 2.00 bits per heavy atom. The van der Waals surface area contributed by atoms with Crippen LogP contribution in [-0.2, 0) is 17.8 Å². The van der Waals surface area contributed by atoms with Crippen LogP contribution in [0, 0.1) is 0 Å². The fourth-order valence-corrected chi connectivity index (χ4v) is 3.44. The number of carbonyl (C=O) groups is 1. The number of nitrogens with zero attached hydrogens (tertiary/aromatic N) is 3. The highest BCUT2D eigenvalue weighted by molar-refractivity contribution is 5.78. The van der Waals surface area contributed by atoms with Crippen molar-refractivity contribution in [1.82, 2.24) is 20.0 Å². The van der Waals surface area contributed by atoms with Crippen molar-refractivity contribution >= 4 is 5.91 Å². The molecule has 0 aliphatic carbocycles. The van der Waals surface area contributed by atoms with Crippen molar-refractivity contribution in [2.24, 2.45) is 0 Å². The number of piperidine rings is 1. The van der Waals surface area contributed by atoms with Crippen LogP contribution in [0.3, 0.4) is 0 Å². The molecule has 2 aromatic rings. The van der Waals surface area contributed by atoms with Crippen LogP contribution in [0.15, 0.2) is 42.7 Å². The van der Waals surface area contributed by atoms with Gasteiger partial charge in [0, 0.05) is 19.3 Å². The van der Waals surface area contributed by atoms with E-state index in [1.165, 1.54) is 11.1 Å². The van der Waals surface area contributed by atoms with E-state index in [0.717, 1.165) is 38.9 Å². The first kappa shape index (κ1) is 17.7. The maximum absolute atomic E-state index is 12.1. The van der Waals surface area contributed by atoms with Gasteiger partial charge in [-0.2, -0.15) is 5.10 Å². The summed E-state index contributed by atoms with van der Waals surface area (Å²) in [4.78, 5) is 14.4. The number of nitrogens with one attached hydrogen (secondary N) is 1. The minimum absolute atomic E-state index is 0.133. The van der Waals surface area contributed by atoms with Crippen molar-refractivity contribution in [3.8, 4) is 0 Å². The Morgan fingerprint density at radius 1 is 1.24 bits per heavy atom. The third-order valence-corrected chi connectivity index (χ3v) is 4.98. The van der Waals surface area contributed by atoms with Crippen LogP contribution in [-0.4, -0.2) is 46.8 Å². The quantitative estimate of drug-likeness (QED) is 0.842. The molecule has 1 amide bonds. The van der Waals surface area contributed by atoms with Crippen molar-refractivity contribution in [2.75, 3.05) is 26.2 Å². The number of aryl methyl sites for hydroxylation is 1. The first-order valence-corrected chi connectivity index (χ1v) is 9.30. The highest BCUT2D eigenvalue weighted by Crippen LogP contribution is 2.27. The average molecular weight is 340 g/mol. The van der Waals surface area contributed by atoms with Gasteiger partial charge in [-0.1, -0.05) is 30.3 Å². The Bertz CT molecular complexity index is 659. The second kappa shape index (κ2) is 8.81. The van der Waals surface area contributed by atoms with Crippen molar-refractivity contribution in [2.45, 2.75) is 38.6 Å². The smallest absolute Gasteiger partial charge is 0.234 e. The summed E-state index contributed by atoms with van der Waals surface area (Å²) in [6.07, 6.45) is 7.26. The number of hydrogen-bond donors (Lipinski definition) is 1. The third-order valence-electron chi connectivity index (χ3n) is 4.98. The molecule has 1 aromatic carbocycles. The molecular weight excluding hydrogens is 312 g/mol. The Kier molecular flexibility index (Phi) is 6.23. The van der Waals surface area contributed by atoms with Gasteiger partial charge in [-0.3, -0.25) is 14.4 Å². The standard InChI is InChI=1S/C20H28N4O/c1-2-24-15-19(14-22-24)18-9-12-23(13-10-18)16-20(25)21-11-8-17-6-4-3-5-7-17/h3-7,14-15,18H,2,8-13,16H2,1H3,(H,21,25). The molecule has 0 atom stereocenters. The van der Waals surface area contributed by atoms with E-state index in [1.54, 1.807) is 0 Å². The van der Waals surface area contributed by atoms with E-state index < -0.39 is 0 Å². The fourth-order valence-electron chi connectivity index (χ4n) is 3.44. The normalized spacial score (nSPS) is 16.0. The van der Waals surface area contributed by atoms with E-state index in [-0.39, 0.29) is 5.91 Å². The maximum atomic E-state index is 12.1. The van der Waals surface area contributed by atoms with Crippen LogP contribution in [0.1, 0.15) is 36.8 Å². The predicted molar refractivity (Wildman–Crippen MR) is 99.5 cm³/mol. The van der Waals surface area contributed by atoms with E-state index in [1.807, 2.05) is 29.1 Å². The molecule has 0 unspecified atom stereocenters. The number of carbonyl (C=O) groups excluding carboxylic acids is 1. The third kappa shape index (κ3) is 5.16. The first-order chi connectivity index (χ1) is 12.2. The van der Waals surface area contributed by atoms with Gasteiger partial charge in [-0.05, 0) is 56.3 Å². The molecule has 134 valence electrons. The molecule has 1 aromatic heterocycles. The molecule has 2 heterocycles. The Hall–Kier alpha value is -2.14. The van der Waals surface area contributed by atoms with E-state index in [4.69, 9.17) is 0 Å². The molecule has 5 nitrogen and oxygen atoms in total. The molecule has 3 rings (SSSR count). The van der Waals surface area contributed by atoms with E-state index >= 15 is 0 Å². The molecule has 1 aliphatic heterocycles. The van der Waals surface area contributed by atoms with Gasteiger partial charge in [0.25, 0.3) is 0 Å². The molecule has 0 spiro atoms. The summed E-state index contributed by atoms with van der Waals surface area (Å²) in [7, 11) is 0. The number of likely N-dealkylation sites (tertiary alicyclic amines) is 1. The first-order valence-electron chi connectivity index (χ1n) is 9.30.